The van der Waals surface area contributed by atoms with Crippen LogP contribution >= 0.6 is 0 Å². The average Bonchev–Trinajstić information content (AvgIpc) is 2.35. The van der Waals surface area contributed by atoms with E-state index in [1.54, 1.807) is 6.92 Å². The van der Waals surface area contributed by atoms with Gasteiger partial charge in [-0.3, -0.25) is 4.79 Å². The smallest absolute Gasteiger partial charge is 0.265 e. The van der Waals surface area contributed by atoms with Crippen molar-refractivity contribution in [2.75, 3.05) is 6.54 Å². The minimum atomic E-state index is -2.88. The van der Waals surface area contributed by atoms with Gasteiger partial charge in [0.25, 0.3) is 12.3 Å². The number of hydrogen-bond acceptors (Lipinski definition) is 4. The number of carbonyl (C=O) groups excluding carboxylic acids is 1. The summed E-state index contributed by atoms with van der Waals surface area (Å²) in [6, 6.07) is 1.54. The van der Waals surface area contributed by atoms with E-state index in [2.05, 4.69) is 15.5 Å². The molecule has 0 bridgehead atoms. The number of halogens is 2. The first-order chi connectivity index (χ1) is 8.45. The molecule has 18 heavy (non-hydrogen) atoms. The van der Waals surface area contributed by atoms with Gasteiger partial charge in [0.2, 0.25) is 0 Å². The van der Waals surface area contributed by atoms with Gasteiger partial charge in [-0.05, 0) is 19.4 Å². The third-order valence-corrected chi connectivity index (χ3v) is 2.33. The van der Waals surface area contributed by atoms with E-state index in [-0.39, 0.29) is 0 Å². The maximum Gasteiger partial charge on any atom is 0.265 e. The lowest BCUT2D eigenvalue weighted by Crippen LogP contribution is -2.36. The predicted molar refractivity (Wildman–Crippen MR) is 60.5 cm³/mol. The summed E-state index contributed by atoms with van der Waals surface area (Å²) in [7, 11) is 0. The molecule has 0 fully saturated rings. The van der Waals surface area contributed by atoms with Crippen LogP contribution in [-0.4, -0.2) is 40.3 Å². The highest BCUT2D eigenvalue weighted by molar-refractivity contribution is 5.95. The number of hydrogen-bond donors (Lipinski definition) is 2. The molecular weight excluding hydrogens is 244 g/mol. The standard InChI is InChI=1S/C11H15F2N3O2/c1-3-8-7(4-6(2)15-16-8)11(18)14-5-9(17)10(12)13/h4,9-10,17H,3,5H2,1-2H3,(H,14,18). The lowest BCUT2D eigenvalue weighted by Gasteiger charge is -2.12. The Morgan fingerprint density at radius 3 is 2.72 bits per heavy atom. The molecule has 0 spiro atoms. The highest BCUT2D eigenvalue weighted by atomic mass is 19.3. The second-order valence-corrected chi connectivity index (χ2v) is 3.81. The number of alkyl halides is 2. The van der Waals surface area contributed by atoms with E-state index in [4.69, 9.17) is 5.11 Å². The molecule has 100 valence electrons. The maximum absolute atomic E-state index is 12.1. The van der Waals surface area contributed by atoms with E-state index in [9.17, 15) is 13.6 Å². The summed E-state index contributed by atoms with van der Waals surface area (Å²) < 4.78 is 24.1. The quantitative estimate of drug-likeness (QED) is 0.816. The fraction of sp³-hybridized carbons (Fsp3) is 0.545. The minimum absolute atomic E-state index is 0.298. The van der Waals surface area contributed by atoms with Gasteiger partial charge in [0, 0.05) is 6.54 Å². The van der Waals surface area contributed by atoms with Gasteiger partial charge in [-0.1, -0.05) is 6.92 Å². The number of nitrogens with zero attached hydrogens (tertiary/aromatic N) is 2. The number of rotatable bonds is 5. The second-order valence-electron chi connectivity index (χ2n) is 3.81. The zero-order valence-corrected chi connectivity index (χ0v) is 10.2. The molecule has 0 aliphatic heterocycles. The molecule has 1 rings (SSSR count). The molecule has 0 aliphatic rings. The van der Waals surface area contributed by atoms with Gasteiger partial charge in [0.05, 0.1) is 17.0 Å². The predicted octanol–water partition coefficient (Wildman–Crippen LogP) is 0.703. The Hall–Kier alpha value is -1.63. The molecular formula is C11H15F2N3O2. The third-order valence-electron chi connectivity index (χ3n) is 2.33. The number of aromatic nitrogens is 2. The van der Waals surface area contributed by atoms with Crippen molar-refractivity contribution in [1.29, 1.82) is 0 Å². The van der Waals surface area contributed by atoms with Crippen molar-refractivity contribution < 1.29 is 18.7 Å². The normalized spacial score (nSPS) is 12.6. The van der Waals surface area contributed by atoms with Gasteiger partial charge in [-0.15, -0.1) is 0 Å². The molecule has 0 aromatic carbocycles. The lowest BCUT2D eigenvalue weighted by atomic mass is 10.1. The third kappa shape index (κ3) is 3.69. The van der Waals surface area contributed by atoms with Gasteiger partial charge < -0.3 is 10.4 Å². The van der Waals surface area contributed by atoms with Crippen LogP contribution in [0.3, 0.4) is 0 Å². The molecule has 1 aromatic heterocycles. The van der Waals surface area contributed by atoms with Gasteiger partial charge >= 0.3 is 0 Å². The van der Waals surface area contributed by atoms with Crippen molar-refractivity contribution in [3.63, 3.8) is 0 Å². The van der Waals surface area contributed by atoms with Crippen molar-refractivity contribution in [1.82, 2.24) is 15.5 Å². The molecule has 2 N–H and O–H groups in total. The Morgan fingerprint density at radius 2 is 2.17 bits per heavy atom. The molecule has 1 atom stereocenters. The molecule has 1 aromatic rings. The summed E-state index contributed by atoms with van der Waals surface area (Å²) in [6.07, 6.45) is -4.24. The van der Waals surface area contributed by atoms with Crippen molar-refractivity contribution in [3.05, 3.63) is 23.0 Å². The van der Waals surface area contributed by atoms with Crippen LogP contribution < -0.4 is 5.32 Å². The molecule has 1 unspecified atom stereocenters. The Bertz CT molecular complexity index is 427. The Morgan fingerprint density at radius 1 is 1.50 bits per heavy atom. The summed E-state index contributed by atoms with van der Waals surface area (Å²) in [5, 5.41) is 18.8. The molecule has 7 heteroatoms. The molecule has 1 heterocycles. The summed E-state index contributed by atoms with van der Waals surface area (Å²) in [6.45, 7) is 2.99. The monoisotopic (exact) mass is 259 g/mol. The van der Waals surface area contributed by atoms with E-state index < -0.39 is 25.0 Å². The number of aliphatic hydroxyl groups excluding tert-OH is 1. The van der Waals surface area contributed by atoms with E-state index in [0.717, 1.165) is 0 Å². The van der Waals surface area contributed by atoms with Crippen LogP contribution in [0.1, 0.15) is 28.7 Å². The largest absolute Gasteiger partial charge is 0.385 e. The highest BCUT2D eigenvalue weighted by Crippen LogP contribution is 2.07. The first-order valence-corrected chi connectivity index (χ1v) is 5.53. The number of aliphatic hydroxyl groups is 1. The number of aryl methyl sites for hydroxylation is 2. The van der Waals surface area contributed by atoms with E-state index in [0.29, 0.717) is 23.4 Å². The minimum Gasteiger partial charge on any atom is -0.385 e. The number of carbonyl (C=O) groups is 1. The summed E-state index contributed by atoms with van der Waals surface area (Å²) in [4.78, 5) is 11.8. The van der Waals surface area contributed by atoms with Crippen LogP contribution in [0.25, 0.3) is 0 Å². The van der Waals surface area contributed by atoms with Crippen molar-refractivity contribution in [3.8, 4) is 0 Å². The second kappa shape index (κ2) is 6.34. The van der Waals surface area contributed by atoms with Crippen LogP contribution in [0, 0.1) is 6.92 Å². The zero-order chi connectivity index (χ0) is 13.7. The molecule has 0 radical (unpaired) electrons. The molecule has 0 saturated heterocycles. The summed E-state index contributed by atoms with van der Waals surface area (Å²) >= 11 is 0. The highest BCUT2D eigenvalue weighted by Gasteiger charge is 2.19. The van der Waals surface area contributed by atoms with Crippen molar-refractivity contribution in [2.45, 2.75) is 32.8 Å². The fourth-order valence-corrected chi connectivity index (χ4v) is 1.35. The maximum atomic E-state index is 12.1. The van der Waals surface area contributed by atoms with E-state index >= 15 is 0 Å². The van der Waals surface area contributed by atoms with Crippen LogP contribution in [0.5, 0.6) is 0 Å². The molecule has 1 amide bonds. The number of nitrogens with one attached hydrogen (secondary N) is 1. The Balaban J connectivity index is 2.75. The SMILES string of the molecule is CCc1nnc(C)cc1C(=O)NCC(O)C(F)F. The van der Waals surface area contributed by atoms with Gasteiger partial charge in [-0.2, -0.15) is 10.2 Å². The summed E-state index contributed by atoms with van der Waals surface area (Å²) in [5.74, 6) is -0.537. The van der Waals surface area contributed by atoms with Crippen LogP contribution in [-0.2, 0) is 6.42 Å². The Labute approximate surface area is 103 Å². The van der Waals surface area contributed by atoms with Crippen molar-refractivity contribution >= 4 is 5.91 Å². The fourth-order valence-electron chi connectivity index (χ4n) is 1.35. The molecule has 0 aliphatic carbocycles. The van der Waals surface area contributed by atoms with E-state index in [1.807, 2.05) is 6.92 Å². The number of amides is 1. The topological polar surface area (TPSA) is 75.1 Å². The Kier molecular flexibility index (Phi) is 5.08. The van der Waals surface area contributed by atoms with E-state index in [1.165, 1.54) is 6.07 Å². The zero-order valence-electron chi connectivity index (χ0n) is 10.2. The van der Waals surface area contributed by atoms with Crippen LogP contribution in [0.4, 0.5) is 8.78 Å². The lowest BCUT2D eigenvalue weighted by molar-refractivity contribution is -0.00271. The molecule has 5 nitrogen and oxygen atoms in total. The summed E-state index contributed by atoms with van der Waals surface area (Å²) in [5.41, 5.74) is 1.35. The average molecular weight is 259 g/mol. The van der Waals surface area contributed by atoms with Crippen LogP contribution in [0.15, 0.2) is 6.07 Å². The van der Waals surface area contributed by atoms with Crippen molar-refractivity contribution in [2.24, 2.45) is 0 Å². The van der Waals surface area contributed by atoms with Gasteiger partial charge in [0.1, 0.15) is 6.10 Å². The molecule has 0 saturated carbocycles. The first kappa shape index (κ1) is 14.4. The van der Waals surface area contributed by atoms with Gasteiger partial charge in [0.15, 0.2) is 0 Å². The van der Waals surface area contributed by atoms with Gasteiger partial charge in [-0.25, -0.2) is 8.78 Å². The van der Waals surface area contributed by atoms with Crippen LogP contribution in [0.2, 0.25) is 0 Å². The first-order valence-electron chi connectivity index (χ1n) is 5.53.